The predicted molar refractivity (Wildman–Crippen MR) is 63.8 cm³/mol. The molecule has 0 radical (unpaired) electrons. The Morgan fingerprint density at radius 1 is 1.20 bits per heavy atom. The van der Waals surface area contributed by atoms with Gasteiger partial charge in [-0.3, -0.25) is 0 Å². The van der Waals surface area contributed by atoms with Gasteiger partial charge in [0.2, 0.25) is 0 Å². The number of nitrogens with two attached hydrogens (primary N) is 1. The van der Waals surface area contributed by atoms with Crippen molar-refractivity contribution in [3.63, 3.8) is 0 Å². The van der Waals surface area contributed by atoms with Crippen molar-refractivity contribution >= 4 is 20.5 Å². The summed E-state index contributed by atoms with van der Waals surface area (Å²) in [5.74, 6) is -1.56. The molecule has 0 aliphatic rings. The topological polar surface area (TPSA) is 26.0 Å². The number of halogens is 3. The molecule has 0 atom stereocenters. The highest BCUT2D eigenvalue weighted by Gasteiger charge is 2.19. The van der Waals surface area contributed by atoms with Gasteiger partial charge in [-0.25, -0.2) is 8.78 Å². The fourth-order valence-electron chi connectivity index (χ4n) is 1.27. The van der Waals surface area contributed by atoms with Gasteiger partial charge in [0.25, 0.3) is 0 Å². The average Bonchev–Trinajstić information content (AvgIpc) is 2.11. The third-order valence-corrected chi connectivity index (χ3v) is 4.69. The number of benzene rings is 1. The summed E-state index contributed by atoms with van der Waals surface area (Å²) in [5.41, 5.74) is 6.45. The van der Waals surface area contributed by atoms with E-state index in [0.29, 0.717) is 6.17 Å². The van der Waals surface area contributed by atoms with Gasteiger partial charge < -0.3 is 5.73 Å². The van der Waals surface area contributed by atoms with Gasteiger partial charge in [-0.15, -0.1) is 12.4 Å². The Bertz CT molecular complexity index is 331. The SMILES string of the molecule is C[Si](C)(CN)Cc1ccc(F)c(F)c1.Cl. The molecule has 15 heavy (non-hydrogen) atoms. The molecule has 0 heterocycles. The second-order valence-corrected chi connectivity index (χ2v) is 9.38. The van der Waals surface area contributed by atoms with E-state index in [-0.39, 0.29) is 12.4 Å². The Morgan fingerprint density at radius 3 is 2.27 bits per heavy atom. The lowest BCUT2D eigenvalue weighted by Gasteiger charge is -2.19. The van der Waals surface area contributed by atoms with Crippen LogP contribution in [0.2, 0.25) is 13.1 Å². The minimum atomic E-state index is -1.47. The normalized spacial score (nSPS) is 11.0. The monoisotopic (exact) mass is 251 g/mol. The van der Waals surface area contributed by atoms with Crippen LogP contribution in [0.3, 0.4) is 0 Å². The summed E-state index contributed by atoms with van der Waals surface area (Å²) in [4.78, 5) is 0. The van der Waals surface area contributed by atoms with Crippen LogP contribution in [0.15, 0.2) is 18.2 Å². The van der Waals surface area contributed by atoms with E-state index < -0.39 is 19.7 Å². The summed E-state index contributed by atoms with van der Waals surface area (Å²) < 4.78 is 25.5. The van der Waals surface area contributed by atoms with Crippen LogP contribution < -0.4 is 5.73 Å². The van der Waals surface area contributed by atoms with Crippen LogP contribution in [-0.4, -0.2) is 14.2 Å². The summed E-state index contributed by atoms with van der Waals surface area (Å²) in [6.45, 7) is 4.27. The highest BCUT2D eigenvalue weighted by molar-refractivity contribution is 6.77. The largest absolute Gasteiger partial charge is 0.333 e. The van der Waals surface area contributed by atoms with Crippen molar-refractivity contribution in [2.24, 2.45) is 5.73 Å². The molecule has 1 aromatic carbocycles. The zero-order valence-corrected chi connectivity index (χ0v) is 10.7. The van der Waals surface area contributed by atoms with Crippen molar-refractivity contribution in [3.8, 4) is 0 Å². The summed E-state index contributed by atoms with van der Waals surface area (Å²) in [7, 11) is -1.47. The van der Waals surface area contributed by atoms with E-state index in [1.54, 1.807) is 6.07 Å². The quantitative estimate of drug-likeness (QED) is 0.822. The van der Waals surface area contributed by atoms with E-state index in [1.807, 2.05) is 0 Å². The molecular weight excluding hydrogens is 236 g/mol. The van der Waals surface area contributed by atoms with Crippen LogP contribution in [-0.2, 0) is 6.04 Å². The first-order chi connectivity index (χ1) is 6.44. The molecule has 0 aliphatic heterocycles. The van der Waals surface area contributed by atoms with Crippen molar-refractivity contribution in [1.29, 1.82) is 0 Å². The first kappa shape index (κ1) is 14.5. The Hall–Kier alpha value is -0.453. The zero-order valence-electron chi connectivity index (χ0n) is 8.89. The Labute approximate surface area is 96.1 Å². The number of rotatable bonds is 3. The first-order valence-electron chi connectivity index (χ1n) is 4.58. The van der Waals surface area contributed by atoms with Crippen molar-refractivity contribution < 1.29 is 8.78 Å². The molecule has 0 bridgehead atoms. The van der Waals surface area contributed by atoms with Gasteiger partial charge in [-0.2, -0.15) is 0 Å². The maximum atomic E-state index is 12.9. The molecule has 1 nitrogen and oxygen atoms in total. The predicted octanol–water partition coefficient (Wildman–Crippen LogP) is 2.67. The summed E-state index contributed by atoms with van der Waals surface area (Å²) in [5, 5.41) is 0. The van der Waals surface area contributed by atoms with Crippen molar-refractivity contribution in [2.45, 2.75) is 19.1 Å². The van der Waals surface area contributed by atoms with Gasteiger partial charge in [-0.1, -0.05) is 19.2 Å². The van der Waals surface area contributed by atoms with Crippen LogP contribution in [0.4, 0.5) is 8.78 Å². The molecule has 1 aromatic rings. The van der Waals surface area contributed by atoms with Crippen molar-refractivity contribution in [2.75, 3.05) is 6.17 Å². The second-order valence-electron chi connectivity index (χ2n) is 4.29. The molecule has 0 saturated heterocycles. The highest BCUT2D eigenvalue weighted by atomic mass is 35.5. The molecule has 0 spiro atoms. The molecular formula is C10H16ClF2NSi. The van der Waals surface area contributed by atoms with Gasteiger partial charge in [0, 0.05) is 0 Å². The molecule has 86 valence electrons. The van der Waals surface area contributed by atoms with Gasteiger partial charge in [0.1, 0.15) is 0 Å². The fourth-order valence-corrected chi connectivity index (χ4v) is 2.74. The Balaban J connectivity index is 0.00000196. The summed E-state index contributed by atoms with van der Waals surface area (Å²) in [6.07, 6.45) is 0.659. The van der Waals surface area contributed by atoms with Gasteiger partial charge in [0.05, 0.1) is 8.07 Å². The molecule has 5 heteroatoms. The van der Waals surface area contributed by atoms with E-state index >= 15 is 0 Å². The molecule has 2 N–H and O–H groups in total. The smallest absolute Gasteiger partial charge is 0.159 e. The maximum absolute atomic E-state index is 12.9. The molecule has 0 aliphatic carbocycles. The summed E-state index contributed by atoms with van der Waals surface area (Å²) in [6, 6.07) is 4.86. The Morgan fingerprint density at radius 2 is 1.80 bits per heavy atom. The first-order valence-corrected chi connectivity index (χ1v) is 8.00. The van der Waals surface area contributed by atoms with Crippen molar-refractivity contribution in [3.05, 3.63) is 35.4 Å². The van der Waals surface area contributed by atoms with Crippen LogP contribution in [0, 0.1) is 11.6 Å². The van der Waals surface area contributed by atoms with Crippen LogP contribution in [0.1, 0.15) is 5.56 Å². The van der Waals surface area contributed by atoms with E-state index in [4.69, 9.17) is 5.73 Å². The standard InChI is InChI=1S/C10H15F2NSi.ClH/c1-14(2,7-13)6-8-3-4-9(11)10(12)5-8;/h3-5H,6-7,13H2,1-2H3;1H. The lowest BCUT2D eigenvalue weighted by molar-refractivity contribution is 0.507. The average molecular weight is 252 g/mol. The fraction of sp³-hybridized carbons (Fsp3) is 0.400. The molecule has 0 fully saturated rings. The van der Waals surface area contributed by atoms with Crippen molar-refractivity contribution in [1.82, 2.24) is 0 Å². The van der Waals surface area contributed by atoms with Gasteiger partial charge in [0.15, 0.2) is 11.6 Å². The lowest BCUT2D eigenvalue weighted by Crippen LogP contribution is -2.39. The van der Waals surface area contributed by atoms with E-state index in [1.165, 1.54) is 12.1 Å². The Kier molecular flexibility index (Phi) is 5.41. The molecule has 0 unspecified atom stereocenters. The number of hydrogen-bond donors (Lipinski definition) is 1. The molecule has 0 amide bonds. The van der Waals surface area contributed by atoms with E-state index in [0.717, 1.165) is 11.6 Å². The van der Waals surface area contributed by atoms with Crippen LogP contribution in [0.25, 0.3) is 0 Å². The van der Waals surface area contributed by atoms with E-state index in [9.17, 15) is 8.78 Å². The van der Waals surface area contributed by atoms with Gasteiger partial charge in [-0.05, 0) is 29.9 Å². The molecule has 1 rings (SSSR count). The highest BCUT2D eigenvalue weighted by Crippen LogP contribution is 2.14. The maximum Gasteiger partial charge on any atom is 0.159 e. The van der Waals surface area contributed by atoms with Gasteiger partial charge >= 0.3 is 0 Å². The van der Waals surface area contributed by atoms with Crippen LogP contribution >= 0.6 is 12.4 Å². The minimum Gasteiger partial charge on any atom is -0.333 e. The zero-order chi connectivity index (χ0) is 10.8. The van der Waals surface area contributed by atoms with Crippen LogP contribution in [0.5, 0.6) is 0 Å². The third kappa shape index (κ3) is 4.28. The lowest BCUT2D eigenvalue weighted by atomic mass is 10.2. The molecule has 0 saturated carbocycles. The number of hydrogen-bond acceptors (Lipinski definition) is 1. The summed E-state index contributed by atoms with van der Waals surface area (Å²) >= 11 is 0. The van der Waals surface area contributed by atoms with E-state index in [2.05, 4.69) is 13.1 Å². The molecule has 0 aromatic heterocycles. The second kappa shape index (κ2) is 5.58. The third-order valence-electron chi connectivity index (χ3n) is 2.22. The minimum absolute atomic E-state index is 0.